The zero-order chi connectivity index (χ0) is 9.07. The van der Waals surface area contributed by atoms with Crippen molar-refractivity contribution < 1.29 is 9.47 Å². The van der Waals surface area contributed by atoms with Crippen LogP contribution in [-0.4, -0.2) is 33.5 Å². The summed E-state index contributed by atoms with van der Waals surface area (Å²) in [6.07, 6.45) is 4.73. The van der Waals surface area contributed by atoms with Gasteiger partial charge in [-0.2, -0.15) is 0 Å². The Balaban J connectivity index is 2.73. The standard InChI is InChI=1S/C9H21NO2/c1-11-8-9-12-7-5-3-2-4-6-10/h2-10H2,1H3. The minimum Gasteiger partial charge on any atom is -0.382 e. The monoisotopic (exact) mass is 175 g/mol. The molecule has 0 rings (SSSR count). The molecule has 0 saturated heterocycles. The van der Waals surface area contributed by atoms with Crippen molar-refractivity contribution in [2.24, 2.45) is 5.73 Å². The average molecular weight is 175 g/mol. The predicted octanol–water partition coefficient (Wildman–Crippen LogP) is 1.17. The lowest BCUT2D eigenvalue weighted by atomic mass is 10.2. The molecular formula is C9H21NO2. The fourth-order valence-corrected chi connectivity index (χ4v) is 0.946. The minimum atomic E-state index is 0.697. The zero-order valence-electron chi connectivity index (χ0n) is 8.05. The molecule has 0 spiro atoms. The second kappa shape index (κ2) is 10.9. The molecule has 0 aliphatic carbocycles. The Hall–Kier alpha value is -0.120. The van der Waals surface area contributed by atoms with Crippen molar-refractivity contribution in [3.05, 3.63) is 0 Å². The Kier molecular flexibility index (Phi) is 10.8. The van der Waals surface area contributed by atoms with Gasteiger partial charge in [0, 0.05) is 13.7 Å². The maximum absolute atomic E-state index is 5.36. The molecule has 3 nitrogen and oxygen atoms in total. The normalized spacial score (nSPS) is 10.5. The zero-order valence-corrected chi connectivity index (χ0v) is 8.05. The third-order valence-electron chi connectivity index (χ3n) is 1.67. The van der Waals surface area contributed by atoms with E-state index in [1.165, 1.54) is 12.8 Å². The molecule has 2 N–H and O–H groups in total. The first-order valence-electron chi connectivity index (χ1n) is 4.68. The predicted molar refractivity (Wildman–Crippen MR) is 50.2 cm³/mol. The van der Waals surface area contributed by atoms with E-state index in [9.17, 15) is 0 Å². The molecular weight excluding hydrogens is 154 g/mol. The summed E-state index contributed by atoms with van der Waals surface area (Å²) in [5.41, 5.74) is 5.36. The van der Waals surface area contributed by atoms with E-state index >= 15 is 0 Å². The second-order valence-corrected chi connectivity index (χ2v) is 2.81. The van der Waals surface area contributed by atoms with E-state index < -0.39 is 0 Å². The van der Waals surface area contributed by atoms with Gasteiger partial charge >= 0.3 is 0 Å². The quantitative estimate of drug-likeness (QED) is 0.535. The van der Waals surface area contributed by atoms with E-state index in [2.05, 4.69) is 0 Å². The summed E-state index contributed by atoms with van der Waals surface area (Å²) in [7, 11) is 1.69. The Morgan fingerprint density at radius 2 is 1.67 bits per heavy atom. The number of rotatable bonds is 9. The Morgan fingerprint density at radius 3 is 2.33 bits per heavy atom. The number of methoxy groups -OCH3 is 1. The van der Waals surface area contributed by atoms with Crippen LogP contribution in [0.5, 0.6) is 0 Å². The van der Waals surface area contributed by atoms with Crippen molar-refractivity contribution in [3.63, 3.8) is 0 Å². The van der Waals surface area contributed by atoms with Crippen LogP contribution < -0.4 is 5.73 Å². The first-order chi connectivity index (χ1) is 5.91. The highest BCUT2D eigenvalue weighted by Gasteiger charge is 1.89. The molecule has 0 fully saturated rings. The lowest BCUT2D eigenvalue weighted by molar-refractivity contribution is 0.0686. The minimum absolute atomic E-state index is 0.697. The maximum Gasteiger partial charge on any atom is 0.0700 e. The van der Waals surface area contributed by atoms with E-state index in [4.69, 9.17) is 15.2 Å². The van der Waals surface area contributed by atoms with Crippen LogP contribution in [0.15, 0.2) is 0 Å². The SMILES string of the molecule is COCCOCCCCCCN. The first kappa shape index (κ1) is 11.9. The molecule has 0 amide bonds. The van der Waals surface area contributed by atoms with Crippen LogP contribution in [0.3, 0.4) is 0 Å². The molecule has 0 bridgehead atoms. The number of unbranched alkanes of at least 4 members (excludes halogenated alkanes) is 3. The Labute approximate surface area is 75.2 Å². The lowest BCUT2D eigenvalue weighted by Gasteiger charge is -2.02. The largest absolute Gasteiger partial charge is 0.382 e. The second-order valence-electron chi connectivity index (χ2n) is 2.81. The van der Waals surface area contributed by atoms with Gasteiger partial charge in [0.15, 0.2) is 0 Å². The van der Waals surface area contributed by atoms with Crippen molar-refractivity contribution in [2.75, 3.05) is 33.5 Å². The van der Waals surface area contributed by atoms with E-state index in [-0.39, 0.29) is 0 Å². The van der Waals surface area contributed by atoms with Gasteiger partial charge in [-0.3, -0.25) is 0 Å². The molecule has 0 radical (unpaired) electrons. The molecule has 74 valence electrons. The van der Waals surface area contributed by atoms with E-state index in [1.54, 1.807) is 7.11 Å². The third-order valence-corrected chi connectivity index (χ3v) is 1.67. The van der Waals surface area contributed by atoms with Crippen molar-refractivity contribution in [1.29, 1.82) is 0 Å². The van der Waals surface area contributed by atoms with Crippen LogP contribution in [0.1, 0.15) is 25.7 Å². The van der Waals surface area contributed by atoms with Gasteiger partial charge in [0.05, 0.1) is 13.2 Å². The molecule has 0 unspecified atom stereocenters. The van der Waals surface area contributed by atoms with Crippen LogP contribution in [0.4, 0.5) is 0 Å². The summed E-state index contributed by atoms with van der Waals surface area (Å²) in [5, 5.41) is 0. The van der Waals surface area contributed by atoms with Crippen LogP contribution in [0.2, 0.25) is 0 Å². The summed E-state index contributed by atoms with van der Waals surface area (Å²) >= 11 is 0. The van der Waals surface area contributed by atoms with Gasteiger partial charge in [0.1, 0.15) is 0 Å². The lowest BCUT2D eigenvalue weighted by Crippen LogP contribution is -2.03. The van der Waals surface area contributed by atoms with Crippen molar-refractivity contribution in [3.8, 4) is 0 Å². The Morgan fingerprint density at radius 1 is 0.917 bits per heavy atom. The third kappa shape index (κ3) is 9.88. The van der Waals surface area contributed by atoms with Gasteiger partial charge in [-0.1, -0.05) is 12.8 Å². The van der Waals surface area contributed by atoms with Crippen molar-refractivity contribution >= 4 is 0 Å². The number of hydrogen-bond acceptors (Lipinski definition) is 3. The smallest absolute Gasteiger partial charge is 0.0700 e. The van der Waals surface area contributed by atoms with Crippen LogP contribution in [-0.2, 0) is 9.47 Å². The summed E-state index contributed by atoms with van der Waals surface area (Å²) in [4.78, 5) is 0. The summed E-state index contributed by atoms with van der Waals surface area (Å²) in [6.45, 7) is 3.08. The van der Waals surface area contributed by atoms with Gasteiger partial charge < -0.3 is 15.2 Å². The molecule has 0 aromatic rings. The fraction of sp³-hybridized carbons (Fsp3) is 1.00. The van der Waals surface area contributed by atoms with Crippen LogP contribution >= 0.6 is 0 Å². The summed E-state index contributed by atoms with van der Waals surface area (Å²) in [5.74, 6) is 0. The highest BCUT2D eigenvalue weighted by Crippen LogP contribution is 1.98. The molecule has 0 heterocycles. The van der Waals surface area contributed by atoms with Gasteiger partial charge in [-0.25, -0.2) is 0 Å². The van der Waals surface area contributed by atoms with E-state index in [1.807, 2.05) is 0 Å². The number of nitrogens with two attached hydrogens (primary N) is 1. The van der Waals surface area contributed by atoms with Gasteiger partial charge in [0.2, 0.25) is 0 Å². The highest BCUT2D eigenvalue weighted by molar-refractivity contribution is 4.43. The molecule has 3 heteroatoms. The number of hydrogen-bond donors (Lipinski definition) is 1. The van der Waals surface area contributed by atoms with Crippen molar-refractivity contribution in [2.45, 2.75) is 25.7 Å². The van der Waals surface area contributed by atoms with Gasteiger partial charge in [0.25, 0.3) is 0 Å². The van der Waals surface area contributed by atoms with Gasteiger partial charge in [-0.05, 0) is 19.4 Å². The summed E-state index contributed by atoms with van der Waals surface area (Å²) in [6, 6.07) is 0. The van der Waals surface area contributed by atoms with Gasteiger partial charge in [-0.15, -0.1) is 0 Å². The molecule has 0 aliphatic rings. The van der Waals surface area contributed by atoms with Crippen molar-refractivity contribution in [1.82, 2.24) is 0 Å². The molecule has 0 aromatic carbocycles. The molecule has 0 saturated carbocycles. The van der Waals surface area contributed by atoms with Crippen LogP contribution in [0, 0.1) is 0 Å². The fourth-order valence-electron chi connectivity index (χ4n) is 0.946. The molecule has 0 aromatic heterocycles. The number of ether oxygens (including phenoxy) is 2. The highest BCUT2D eigenvalue weighted by atomic mass is 16.5. The topological polar surface area (TPSA) is 44.5 Å². The first-order valence-corrected chi connectivity index (χ1v) is 4.68. The molecule has 12 heavy (non-hydrogen) atoms. The maximum atomic E-state index is 5.36. The molecule has 0 aliphatic heterocycles. The van der Waals surface area contributed by atoms with Crippen LogP contribution in [0.25, 0.3) is 0 Å². The average Bonchev–Trinajstić information content (AvgIpc) is 2.10. The molecule has 0 atom stereocenters. The summed E-state index contributed by atoms with van der Waals surface area (Å²) < 4.78 is 10.1. The van der Waals surface area contributed by atoms with E-state index in [0.29, 0.717) is 13.2 Å². The Bertz CT molecular complexity index is 68.9. The van der Waals surface area contributed by atoms with E-state index in [0.717, 1.165) is 26.0 Å².